The van der Waals surface area contributed by atoms with Crippen LogP contribution in [0.25, 0.3) is 0 Å². The molecule has 0 aromatic heterocycles. The maximum Gasteiger partial charge on any atom is 0.314 e. The topological polar surface area (TPSA) is 46.6 Å². The zero-order valence-corrected chi connectivity index (χ0v) is 17.5. The number of carbonyl (C=O) groups is 2. The largest absolute Gasteiger partial charge is 0.465 e. The predicted octanol–water partition coefficient (Wildman–Crippen LogP) is 4.38. The van der Waals surface area contributed by atoms with Crippen LogP contribution in [-0.2, 0) is 14.3 Å². The number of unbranched alkanes of at least 4 members (excludes halogenated alkanes) is 1. The number of esters is 1. The number of halogens is 1. The highest BCUT2D eigenvalue weighted by Gasteiger charge is 2.55. The molecule has 0 saturated carbocycles. The maximum atomic E-state index is 13.1. The highest BCUT2D eigenvalue weighted by atomic mass is 127. The molecule has 0 bridgehead atoms. The van der Waals surface area contributed by atoms with Gasteiger partial charge in [-0.2, -0.15) is 0 Å². The molecule has 1 amide bonds. The summed E-state index contributed by atoms with van der Waals surface area (Å²) in [5.41, 5.74) is 0.326. The Morgan fingerprint density at radius 3 is 2.68 bits per heavy atom. The van der Waals surface area contributed by atoms with Crippen LogP contribution in [0.5, 0.6) is 0 Å². The lowest BCUT2D eigenvalue weighted by Gasteiger charge is -2.28. The number of benzene rings is 1. The third-order valence-corrected chi connectivity index (χ3v) is 5.82. The summed E-state index contributed by atoms with van der Waals surface area (Å²) in [6, 6.07) is 9.94. The molecule has 5 heteroatoms. The number of alkyl halides is 1. The molecule has 0 aliphatic carbocycles. The molecule has 1 heterocycles. The minimum Gasteiger partial charge on any atom is -0.465 e. The molecule has 3 atom stereocenters. The molecule has 1 aromatic carbocycles. The van der Waals surface area contributed by atoms with E-state index in [2.05, 4.69) is 29.5 Å². The zero-order valence-electron chi connectivity index (χ0n) is 15.3. The first-order chi connectivity index (χ1) is 12.0. The van der Waals surface area contributed by atoms with Crippen molar-refractivity contribution in [1.82, 2.24) is 4.90 Å². The molecule has 1 saturated heterocycles. The van der Waals surface area contributed by atoms with Crippen LogP contribution in [0.3, 0.4) is 0 Å². The summed E-state index contributed by atoms with van der Waals surface area (Å²) in [5, 5.41) is 0. The number of hydrogen-bond acceptors (Lipinski definition) is 3. The van der Waals surface area contributed by atoms with E-state index >= 15 is 0 Å². The van der Waals surface area contributed by atoms with Gasteiger partial charge < -0.3 is 9.64 Å². The number of likely N-dealkylation sites (tertiary alicyclic amines) is 1. The van der Waals surface area contributed by atoms with Crippen molar-refractivity contribution in [2.24, 2.45) is 11.3 Å². The van der Waals surface area contributed by atoms with Crippen molar-refractivity contribution in [3.05, 3.63) is 35.9 Å². The van der Waals surface area contributed by atoms with E-state index < -0.39 is 5.41 Å². The predicted molar refractivity (Wildman–Crippen MR) is 108 cm³/mol. The van der Waals surface area contributed by atoms with Gasteiger partial charge in [0, 0.05) is 11.0 Å². The average Bonchev–Trinajstić information content (AvgIpc) is 2.88. The third kappa shape index (κ3) is 4.36. The number of rotatable bonds is 8. The van der Waals surface area contributed by atoms with Crippen molar-refractivity contribution >= 4 is 34.5 Å². The lowest BCUT2D eigenvalue weighted by molar-refractivity contribution is -0.157. The third-order valence-electron chi connectivity index (χ3n) is 5.19. The van der Waals surface area contributed by atoms with Gasteiger partial charge in [0.2, 0.25) is 5.91 Å². The van der Waals surface area contributed by atoms with Crippen LogP contribution in [0, 0.1) is 11.3 Å². The van der Waals surface area contributed by atoms with Crippen LogP contribution in [-0.4, -0.2) is 34.4 Å². The Bertz CT molecular complexity index is 592. The second-order valence-corrected chi connectivity index (χ2v) is 8.07. The Kier molecular flexibility index (Phi) is 7.28. The molecule has 1 aromatic rings. The fraction of sp³-hybridized carbons (Fsp3) is 0.600. The number of nitrogens with zero attached hydrogens (tertiary/aromatic N) is 1. The van der Waals surface area contributed by atoms with Crippen LogP contribution in [0.1, 0.15) is 51.6 Å². The Morgan fingerprint density at radius 1 is 1.40 bits per heavy atom. The molecule has 1 aliphatic heterocycles. The second-order valence-electron chi connectivity index (χ2n) is 6.99. The lowest BCUT2D eigenvalue weighted by atomic mass is 9.78. The molecule has 2 rings (SSSR count). The number of amides is 1. The summed E-state index contributed by atoms with van der Waals surface area (Å²) in [6.07, 6.45) is 2.55. The molecule has 0 radical (unpaired) electrons. The van der Waals surface area contributed by atoms with Crippen molar-refractivity contribution in [2.75, 3.05) is 17.6 Å². The number of carbonyl (C=O) groups excluding carboxylic acids is 2. The van der Waals surface area contributed by atoms with Crippen LogP contribution in [0.2, 0.25) is 0 Å². The molecule has 138 valence electrons. The average molecular weight is 457 g/mol. The van der Waals surface area contributed by atoms with Gasteiger partial charge in [0.15, 0.2) is 0 Å². The highest BCUT2D eigenvalue weighted by molar-refractivity contribution is 14.1. The van der Waals surface area contributed by atoms with Gasteiger partial charge in [0.25, 0.3) is 0 Å². The SMILES string of the molecule is CCCCOC(=O)[C@]1(C)CN([C@H](C)c2ccccc2)C(=O)C1CCI. The van der Waals surface area contributed by atoms with Crippen LogP contribution in [0.4, 0.5) is 0 Å². The van der Waals surface area contributed by atoms with Gasteiger partial charge in [-0.1, -0.05) is 66.3 Å². The summed E-state index contributed by atoms with van der Waals surface area (Å²) in [7, 11) is 0. The van der Waals surface area contributed by atoms with E-state index in [0.717, 1.165) is 22.8 Å². The molecular formula is C20H28INO3. The van der Waals surface area contributed by atoms with E-state index in [1.54, 1.807) is 0 Å². The maximum absolute atomic E-state index is 13.1. The minimum absolute atomic E-state index is 0.0457. The quantitative estimate of drug-likeness (QED) is 0.252. The molecule has 25 heavy (non-hydrogen) atoms. The minimum atomic E-state index is -0.765. The first-order valence-corrected chi connectivity index (χ1v) is 10.6. The Balaban J connectivity index is 2.22. The summed E-state index contributed by atoms with van der Waals surface area (Å²) in [6.45, 7) is 6.85. The van der Waals surface area contributed by atoms with E-state index in [9.17, 15) is 9.59 Å². The molecule has 1 aliphatic rings. The van der Waals surface area contributed by atoms with Crippen LogP contribution < -0.4 is 0 Å². The summed E-state index contributed by atoms with van der Waals surface area (Å²) in [5.74, 6) is -0.459. The van der Waals surface area contributed by atoms with Gasteiger partial charge in [-0.15, -0.1) is 0 Å². The Hall–Kier alpha value is -1.11. The second kappa shape index (κ2) is 9.01. The van der Waals surface area contributed by atoms with E-state index in [0.29, 0.717) is 19.6 Å². The molecule has 0 N–H and O–H groups in total. The smallest absolute Gasteiger partial charge is 0.314 e. The van der Waals surface area contributed by atoms with Gasteiger partial charge >= 0.3 is 5.97 Å². The van der Waals surface area contributed by atoms with Crippen molar-refractivity contribution in [3.8, 4) is 0 Å². The van der Waals surface area contributed by atoms with Gasteiger partial charge in [0.05, 0.1) is 24.0 Å². The molecule has 1 unspecified atom stereocenters. The highest BCUT2D eigenvalue weighted by Crippen LogP contribution is 2.43. The monoisotopic (exact) mass is 457 g/mol. The number of hydrogen-bond donors (Lipinski definition) is 0. The standard InChI is InChI=1S/C20H28INO3/c1-4-5-13-25-19(24)20(3)14-22(18(23)17(20)11-12-21)15(2)16-9-7-6-8-10-16/h6-10,15,17H,4-5,11-14H2,1-3H3/t15-,17?,20-/m1/s1. The van der Waals surface area contributed by atoms with E-state index in [1.807, 2.05) is 49.1 Å². The lowest BCUT2D eigenvalue weighted by Crippen LogP contribution is -2.38. The number of ether oxygens (including phenoxy) is 1. The van der Waals surface area contributed by atoms with E-state index in [1.165, 1.54) is 0 Å². The molecule has 1 fully saturated rings. The van der Waals surface area contributed by atoms with Gasteiger partial charge in [0.1, 0.15) is 0 Å². The Morgan fingerprint density at radius 2 is 2.08 bits per heavy atom. The van der Waals surface area contributed by atoms with E-state index in [4.69, 9.17) is 4.74 Å². The van der Waals surface area contributed by atoms with Gasteiger partial charge in [-0.25, -0.2) is 0 Å². The summed E-state index contributed by atoms with van der Waals surface area (Å²) in [4.78, 5) is 27.7. The molecule has 0 spiro atoms. The normalized spacial score (nSPS) is 24.4. The van der Waals surface area contributed by atoms with Crippen molar-refractivity contribution < 1.29 is 14.3 Å². The van der Waals surface area contributed by atoms with Crippen molar-refractivity contribution in [2.45, 2.75) is 46.1 Å². The van der Waals surface area contributed by atoms with Gasteiger partial charge in [-0.3, -0.25) is 9.59 Å². The van der Waals surface area contributed by atoms with Crippen molar-refractivity contribution in [1.29, 1.82) is 0 Å². The van der Waals surface area contributed by atoms with E-state index in [-0.39, 0.29) is 23.8 Å². The summed E-state index contributed by atoms with van der Waals surface area (Å²) < 4.78 is 6.35. The van der Waals surface area contributed by atoms with Crippen LogP contribution in [0.15, 0.2) is 30.3 Å². The first-order valence-electron chi connectivity index (χ1n) is 9.04. The molecule has 4 nitrogen and oxygen atoms in total. The van der Waals surface area contributed by atoms with Crippen molar-refractivity contribution in [3.63, 3.8) is 0 Å². The molecular weight excluding hydrogens is 429 g/mol. The van der Waals surface area contributed by atoms with Gasteiger partial charge in [-0.05, 0) is 32.3 Å². The Labute approximate surface area is 164 Å². The first kappa shape index (κ1) is 20.2. The van der Waals surface area contributed by atoms with Crippen LogP contribution >= 0.6 is 22.6 Å². The fourth-order valence-electron chi connectivity index (χ4n) is 3.49. The fourth-order valence-corrected chi connectivity index (χ4v) is 4.11. The summed E-state index contributed by atoms with van der Waals surface area (Å²) >= 11 is 2.28. The zero-order chi connectivity index (χ0) is 18.4.